The van der Waals surface area contributed by atoms with Crippen LogP contribution in [0.5, 0.6) is 11.6 Å². The Balaban J connectivity index is 2.15. The topological polar surface area (TPSA) is 58.1 Å². The molecule has 86 valence electrons. The van der Waals surface area contributed by atoms with Crippen LogP contribution in [0.25, 0.3) is 11.3 Å². The molecule has 0 radical (unpaired) electrons. The highest BCUT2D eigenvalue weighted by atomic mass is 16.5. The number of hydrogen-bond donors (Lipinski definition) is 2. The lowest BCUT2D eigenvalue weighted by Crippen LogP contribution is -1.80. The molecule has 1 aromatic heterocycles. The lowest BCUT2D eigenvalue weighted by molar-refractivity contribution is 0.460. The zero-order chi connectivity index (χ0) is 12.1. The third kappa shape index (κ3) is 2.75. The van der Waals surface area contributed by atoms with Gasteiger partial charge in [-0.3, -0.25) is 5.10 Å². The summed E-state index contributed by atoms with van der Waals surface area (Å²) < 4.78 is 5.23. The predicted octanol–water partition coefficient (Wildman–Crippen LogP) is 2.86. The third-order valence-electron chi connectivity index (χ3n) is 2.14. The second-order valence-electron chi connectivity index (χ2n) is 3.35. The van der Waals surface area contributed by atoms with Crippen LogP contribution in [0.2, 0.25) is 0 Å². The molecule has 2 rings (SSSR count). The van der Waals surface area contributed by atoms with Crippen molar-refractivity contribution in [3.8, 4) is 22.9 Å². The van der Waals surface area contributed by atoms with E-state index in [-0.39, 0.29) is 5.75 Å². The first-order chi connectivity index (χ1) is 8.29. The van der Waals surface area contributed by atoms with E-state index in [9.17, 15) is 5.11 Å². The van der Waals surface area contributed by atoms with Crippen LogP contribution in [-0.4, -0.2) is 15.3 Å². The normalized spacial score (nSPS) is 10.6. The molecule has 1 heterocycles. The molecular formula is C13H12N2O2. The zero-order valence-electron chi connectivity index (χ0n) is 9.13. The van der Waals surface area contributed by atoms with Crippen LogP contribution in [-0.2, 0) is 0 Å². The fourth-order valence-electron chi connectivity index (χ4n) is 1.32. The van der Waals surface area contributed by atoms with Crippen molar-refractivity contribution in [3.05, 3.63) is 55.3 Å². The minimum absolute atomic E-state index is 0.235. The Labute approximate surface area is 98.9 Å². The molecule has 0 amide bonds. The number of nitrogens with zero attached hydrogens (tertiary/aromatic N) is 1. The molecule has 0 spiro atoms. The highest BCUT2D eigenvalue weighted by Crippen LogP contribution is 2.22. The molecule has 0 unspecified atom stereocenters. The van der Waals surface area contributed by atoms with Crippen molar-refractivity contribution in [2.75, 3.05) is 0 Å². The minimum atomic E-state index is 0.235. The van der Waals surface area contributed by atoms with Gasteiger partial charge in [0, 0.05) is 6.07 Å². The Morgan fingerprint density at radius 2 is 2.06 bits per heavy atom. The van der Waals surface area contributed by atoms with Crippen LogP contribution in [0.4, 0.5) is 0 Å². The van der Waals surface area contributed by atoms with E-state index >= 15 is 0 Å². The SMILES string of the molecule is C=C/C=C\Oc1cc(-c2ccc(O)cc2)[nH]n1. The Hall–Kier alpha value is -2.49. The minimum Gasteiger partial charge on any atom is -0.508 e. The zero-order valence-corrected chi connectivity index (χ0v) is 9.13. The molecule has 2 N–H and O–H groups in total. The lowest BCUT2D eigenvalue weighted by Gasteiger charge is -1.96. The number of allylic oxidation sites excluding steroid dienone is 2. The molecule has 4 heteroatoms. The van der Waals surface area contributed by atoms with Crippen molar-refractivity contribution in [1.82, 2.24) is 10.2 Å². The Kier molecular flexibility index (Phi) is 3.25. The van der Waals surface area contributed by atoms with Gasteiger partial charge in [0.2, 0.25) is 5.88 Å². The van der Waals surface area contributed by atoms with Gasteiger partial charge in [-0.2, -0.15) is 0 Å². The molecular weight excluding hydrogens is 216 g/mol. The Bertz CT molecular complexity index is 527. The first-order valence-corrected chi connectivity index (χ1v) is 5.08. The van der Waals surface area contributed by atoms with Gasteiger partial charge >= 0.3 is 0 Å². The van der Waals surface area contributed by atoms with E-state index in [0.717, 1.165) is 11.3 Å². The first-order valence-electron chi connectivity index (χ1n) is 5.08. The maximum Gasteiger partial charge on any atom is 0.237 e. The van der Waals surface area contributed by atoms with E-state index in [1.165, 1.54) is 6.26 Å². The van der Waals surface area contributed by atoms with Gasteiger partial charge in [0.05, 0.1) is 12.0 Å². The lowest BCUT2D eigenvalue weighted by atomic mass is 10.1. The van der Waals surface area contributed by atoms with Crippen LogP contribution in [0.3, 0.4) is 0 Å². The standard InChI is InChI=1S/C13H12N2O2/c1-2-3-8-17-13-9-12(14-15-13)10-4-6-11(16)7-5-10/h2-9,16H,1H2,(H,14,15)/b8-3-. The molecule has 4 nitrogen and oxygen atoms in total. The fraction of sp³-hybridized carbons (Fsp3) is 0. The van der Waals surface area contributed by atoms with Gasteiger partial charge in [0.1, 0.15) is 5.75 Å². The summed E-state index contributed by atoms with van der Waals surface area (Å²) in [5.41, 5.74) is 1.75. The van der Waals surface area contributed by atoms with E-state index in [2.05, 4.69) is 16.8 Å². The summed E-state index contributed by atoms with van der Waals surface area (Å²) in [6.07, 6.45) is 4.80. The van der Waals surface area contributed by atoms with E-state index in [1.807, 2.05) is 0 Å². The summed E-state index contributed by atoms with van der Waals surface area (Å²) in [6.45, 7) is 3.53. The smallest absolute Gasteiger partial charge is 0.237 e. The molecule has 2 aromatic rings. The van der Waals surface area contributed by atoms with Gasteiger partial charge in [-0.05, 0) is 35.9 Å². The Morgan fingerprint density at radius 1 is 1.29 bits per heavy atom. The van der Waals surface area contributed by atoms with E-state index in [0.29, 0.717) is 5.88 Å². The molecule has 0 saturated carbocycles. The summed E-state index contributed by atoms with van der Waals surface area (Å²) >= 11 is 0. The van der Waals surface area contributed by atoms with Crippen LogP contribution in [0.1, 0.15) is 0 Å². The Morgan fingerprint density at radius 3 is 2.76 bits per heavy atom. The monoisotopic (exact) mass is 228 g/mol. The summed E-state index contributed by atoms with van der Waals surface area (Å²) in [5, 5.41) is 16.0. The number of hydrogen-bond acceptors (Lipinski definition) is 3. The number of aromatic nitrogens is 2. The quantitative estimate of drug-likeness (QED) is 0.625. The van der Waals surface area contributed by atoms with Crippen molar-refractivity contribution in [2.24, 2.45) is 0 Å². The molecule has 0 aliphatic rings. The highest BCUT2D eigenvalue weighted by Gasteiger charge is 2.03. The molecule has 1 aromatic carbocycles. The molecule has 0 atom stereocenters. The number of H-pyrrole nitrogens is 1. The number of phenols is 1. The summed E-state index contributed by atoms with van der Waals surface area (Å²) in [6, 6.07) is 8.61. The number of ether oxygens (including phenoxy) is 1. The summed E-state index contributed by atoms with van der Waals surface area (Å²) in [4.78, 5) is 0. The second-order valence-corrected chi connectivity index (χ2v) is 3.35. The maximum atomic E-state index is 9.18. The van der Waals surface area contributed by atoms with Crippen LogP contribution in [0, 0.1) is 0 Å². The molecule has 0 fully saturated rings. The summed E-state index contributed by atoms with van der Waals surface area (Å²) in [5.74, 6) is 0.713. The van der Waals surface area contributed by atoms with E-state index in [1.54, 1.807) is 42.5 Å². The largest absolute Gasteiger partial charge is 0.508 e. The van der Waals surface area contributed by atoms with Crippen molar-refractivity contribution in [3.63, 3.8) is 0 Å². The van der Waals surface area contributed by atoms with E-state index in [4.69, 9.17) is 4.74 Å². The average Bonchev–Trinajstić information content (AvgIpc) is 2.79. The third-order valence-corrected chi connectivity index (χ3v) is 2.14. The first kappa shape index (κ1) is 11.0. The van der Waals surface area contributed by atoms with Gasteiger partial charge < -0.3 is 9.84 Å². The number of aromatic hydroxyl groups is 1. The van der Waals surface area contributed by atoms with Gasteiger partial charge in [0.25, 0.3) is 0 Å². The van der Waals surface area contributed by atoms with Gasteiger partial charge in [-0.1, -0.05) is 12.7 Å². The van der Waals surface area contributed by atoms with E-state index < -0.39 is 0 Å². The van der Waals surface area contributed by atoms with Gasteiger partial charge in [0.15, 0.2) is 0 Å². The molecule has 0 saturated heterocycles. The number of aromatic amines is 1. The number of phenolic OH excluding ortho intramolecular Hbond substituents is 1. The molecule has 0 aliphatic carbocycles. The maximum absolute atomic E-state index is 9.18. The highest BCUT2D eigenvalue weighted by molar-refractivity contribution is 5.60. The number of benzene rings is 1. The second kappa shape index (κ2) is 5.03. The number of nitrogens with one attached hydrogen (secondary N) is 1. The van der Waals surface area contributed by atoms with Crippen molar-refractivity contribution >= 4 is 0 Å². The molecule has 0 bridgehead atoms. The summed E-state index contributed by atoms with van der Waals surface area (Å²) in [7, 11) is 0. The van der Waals surface area contributed by atoms with Gasteiger partial charge in [-0.15, -0.1) is 5.10 Å². The van der Waals surface area contributed by atoms with Crippen molar-refractivity contribution in [1.29, 1.82) is 0 Å². The fourth-order valence-corrected chi connectivity index (χ4v) is 1.32. The number of rotatable bonds is 4. The van der Waals surface area contributed by atoms with Crippen molar-refractivity contribution < 1.29 is 9.84 Å². The van der Waals surface area contributed by atoms with Gasteiger partial charge in [-0.25, -0.2) is 0 Å². The predicted molar refractivity (Wildman–Crippen MR) is 65.7 cm³/mol. The average molecular weight is 228 g/mol. The van der Waals surface area contributed by atoms with Crippen molar-refractivity contribution in [2.45, 2.75) is 0 Å². The molecule has 17 heavy (non-hydrogen) atoms. The van der Waals surface area contributed by atoms with Crippen LogP contribution >= 0.6 is 0 Å². The van der Waals surface area contributed by atoms with Crippen LogP contribution in [0.15, 0.2) is 55.3 Å². The van der Waals surface area contributed by atoms with Crippen LogP contribution < -0.4 is 4.74 Å². The molecule has 0 aliphatic heterocycles.